The van der Waals surface area contributed by atoms with Gasteiger partial charge in [0.15, 0.2) is 0 Å². The Kier molecular flexibility index (Phi) is 5.79. The van der Waals surface area contributed by atoms with Crippen LogP contribution in [0.3, 0.4) is 0 Å². The van der Waals surface area contributed by atoms with E-state index in [1.165, 1.54) is 6.42 Å². The lowest BCUT2D eigenvalue weighted by Crippen LogP contribution is -2.50. The monoisotopic (exact) mass is 410 g/mol. The summed E-state index contributed by atoms with van der Waals surface area (Å²) in [6.45, 7) is 3.81. The van der Waals surface area contributed by atoms with Crippen molar-refractivity contribution in [3.8, 4) is 0 Å². The molecule has 4 amide bonds. The topological polar surface area (TPSA) is 85.5 Å². The first kappa shape index (κ1) is 20.4. The van der Waals surface area contributed by atoms with Crippen LogP contribution in [-0.4, -0.2) is 57.3 Å². The SMILES string of the molecule is CC(C)N(C(=O)CN1C(=O)N[C@@H](Cc2c[nH]c3ccccc23)C1=O)C1CCCCC1. The molecule has 1 aromatic heterocycles. The molecule has 1 aromatic carbocycles. The number of aromatic nitrogens is 1. The highest BCUT2D eigenvalue weighted by atomic mass is 16.2. The molecule has 7 heteroatoms. The van der Waals surface area contributed by atoms with Crippen LogP contribution in [0, 0.1) is 0 Å². The van der Waals surface area contributed by atoms with Crippen molar-refractivity contribution in [2.75, 3.05) is 6.54 Å². The minimum Gasteiger partial charge on any atom is -0.361 e. The molecule has 0 radical (unpaired) electrons. The maximum Gasteiger partial charge on any atom is 0.325 e. The van der Waals surface area contributed by atoms with Crippen molar-refractivity contribution in [1.29, 1.82) is 0 Å². The van der Waals surface area contributed by atoms with E-state index in [0.29, 0.717) is 6.42 Å². The second-order valence-electron chi connectivity index (χ2n) is 8.68. The van der Waals surface area contributed by atoms with Gasteiger partial charge in [-0.05, 0) is 38.3 Å². The zero-order chi connectivity index (χ0) is 21.3. The van der Waals surface area contributed by atoms with Gasteiger partial charge in [-0.2, -0.15) is 0 Å². The number of nitrogens with one attached hydrogen (secondary N) is 2. The standard InChI is InChI=1S/C23H30N4O3/c1-15(2)27(17-8-4-3-5-9-17)21(28)14-26-22(29)20(25-23(26)30)12-16-13-24-19-11-7-6-10-18(16)19/h6-7,10-11,13,15,17,20,24H,3-5,8-9,12,14H2,1-2H3,(H,25,30)/t20-/m0/s1. The number of rotatable bonds is 6. The number of aromatic amines is 1. The van der Waals surface area contributed by atoms with E-state index >= 15 is 0 Å². The van der Waals surface area contributed by atoms with Gasteiger partial charge in [0.2, 0.25) is 5.91 Å². The van der Waals surface area contributed by atoms with Gasteiger partial charge >= 0.3 is 6.03 Å². The predicted molar refractivity (Wildman–Crippen MR) is 115 cm³/mol. The fraction of sp³-hybridized carbons (Fsp3) is 0.522. The molecule has 0 unspecified atom stereocenters. The maximum absolute atomic E-state index is 13.1. The molecule has 7 nitrogen and oxygen atoms in total. The fourth-order valence-corrected chi connectivity index (χ4v) is 4.87. The van der Waals surface area contributed by atoms with E-state index in [1.54, 1.807) is 0 Å². The number of nitrogens with zero attached hydrogens (tertiary/aromatic N) is 2. The number of imide groups is 1. The molecule has 30 heavy (non-hydrogen) atoms. The van der Waals surface area contributed by atoms with Crippen LogP contribution in [0.25, 0.3) is 10.9 Å². The van der Waals surface area contributed by atoms with Gasteiger partial charge in [0.05, 0.1) is 0 Å². The number of para-hydroxylation sites is 1. The van der Waals surface area contributed by atoms with Crippen LogP contribution in [0.1, 0.15) is 51.5 Å². The normalized spacial score (nSPS) is 20.2. The van der Waals surface area contributed by atoms with Crippen molar-refractivity contribution in [2.24, 2.45) is 0 Å². The largest absolute Gasteiger partial charge is 0.361 e. The highest BCUT2D eigenvalue weighted by molar-refractivity contribution is 6.06. The number of benzene rings is 1. The highest BCUT2D eigenvalue weighted by Crippen LogP contribution is 2.25. The molecule has 4 rings (SSSR count). The molecular weight excluding hydrogens is 380 g/mol. The van der Waals surface area contributed by atoms with Gasteiger partial charge in [0.1, 0.15) is 12.6 Å². The first-order valence-corrected chi connectivity index (χ1v) is 10.9. The van der Waals surface area contributed by atoms with Crippen molar-refractivity contribution in [2.45, 2.75) is 70.5 Å². The van der Waals surface area contributed by atoms with Gasteiger partial charge in [0, 0.05) is 35.6 Å². The Morgan fingerprint density at radius 3 is 2.63 bits per heavy atom. The number of fused-ring (bicyclic) bond motifs is 1. The van der Waals surface area contributed by atoms with Crippen molar-refractivity contribution >= 4 is 28.7 Å². The summed E-state index contributed by atoms with van der Waals surface area (Å²) in [5, 5.41) is 3.80. The molecule has 2 heterocycles. The second kappa shape index (κ2) is 8.50. The second-order valence-corrected chi connectivity index (χ2v) is 8.68. The van der Waals surface area contributed by atoms with Gasteiger partial charge in [0.25, 0.3) is 5.91 Å². The minimum atomic E-state index is -0.647. The molecule has 0 spiro atoms. The molecule has 2 fully saturated rings. The number of hydrogen-bond acceptors (Lipinski definition) is 3. The summed E-state index contributed by atoms with van der Waals surface area (Å²) in [5.74, 6) is -0.473. The molecule has 0 bridgehead atoms. The first-order chi connectivity index (χ1) is 14.5. The third-order valence-electron chi connectivity index (χ3n) is 6.31. The summed E-state index contributed by atoms with van der Waals surface area (Å²) < 4.78 is 0. The van der Waals surface area contributed by atoms with Gasteiger partial charge in [-0.3, -0.25) is 14.5 Å². The summed E-state index contributed by atoms with van der Waals surface area (Å²) in [4.78, 5) is 44.7. The molecular formula is C23H30N4O3. The van der Waals surface area contributed by atoms with Crippen LogP contribution >= 0.6 is 0 Å². The molecule has 160 valence electrons. The number of carbonyl (C=O) groups is 3. The van der Waals surface area contributed by atoms with Crippen LogP contribution < -0.4 is 5.32 Å². The fourth-order valence-electron chi connectivity index (χ4n) is 4.87. The molecule has 1 aliphatic heterocycles. The minimum absolute atomic E-state index is 0.0448. The average molecular weight is 411 g/mol. The van der Waals surface area contributed by atoms with Gasteiger partial charge in [-0.15, -0.1) is 0 Å². The van der Waals surface area contributed by atoms with Crippen LogP contribution in [0.15, 0.2) is 30.5 Å². The lowest BCUT2D eigenvalue weighted by atomic mass is 9.93. The Hall–Kier alpha value is -2.83. The van der Waals surface area contributed by atoms with E-state index in [1.807, 2.05) is 49.2 Å². The first-order valence-electron chi connectivity index (χ1n) is 10.9. The number of urea groups is 1. The summed E-state index contributed by atoms with van der Waals surface area (Å²) in [7, 11) is 0. The lowest BCUT2D eigenvalue weighted by molar-refractivity contribution is -0.141. The van der Waals surface area contributed by atoms with E-state index in [9.17, 15) is 14.4 Å². The Morgan fingerprint density at radius 2 is 1.90 bits per heavy atom. The van der Waals surface area contributed by atoms with Crippen molar-refractivity contribution in [3.05, 3.63) is 36.0 Å². The Morgan fingerprint density at radius 1 is 1.17 bits per heavy atom. The molecule has 2 aromatic rings. The Labute approximate surface area is 176 Å². The zero-order valence-corrected chi connectivity index (χ0v) is 17.7. The molecule has 2 N–H and O–H groups in total. The molecule has 1 aliphatic carbocycles. The van der Waals surface area contributed by atoms with Crippen LogP contribution in [0.5, 0.6) is 0 Å². The maximum atomic E-state index is 13.1. The molecule has 1 atom stereocenters. The van der Waals surface area contributed by atoms with Crippen molar-refractivity contribution in [3.63, 3.8) is 0 Å². The summed E-state index contributed by atoms with van der Waals surface area (Å²) in [6.07, 6.45) is 7.71. The van der Waals surface area contributed by atoms with E-state index in [4.69, 9.17) is 0 Å². The lowest BCUT2D eigenvalue weighted by Gasteiger charge is -2.38. The average Bonchev–Trinajstić information content (AvgIpc) is 3.25. The molecule has 1 saturated heterocycles. The third kappa shape index (κ3) is 3.93. The van der Waals surface area contributed by atoms with E-state index < -0.39 is 12.1 Å². The molecule has 2 aliphatic rings. The van der Waals surface area contributed by atoms with Gasteiger partial charge in [-0.25, -0.2) is 4.79 Å². The van der Waals surface area contributed by atoms with E-state index in [0.717, 1.165) is 47.0 Å². The number of hydrogen-bond donors (Lipinski definition) is 2. The summed E-state index contributed by atoms with van der Waals surface area (Å²) in [5.41, 5.74) is 1.97. The van der Waals surface area contributed by atoms with Crippen LogP contribution in [0.2, 0.25) is 0 Å². The van der Waals surface area contributed by atoms with E-state index in [2.05, 4.69) is 10.3 Å². The van der Waals surface area contributed by atoms with Crippen molar-refractivity contribution in [1.82, 2.24) is 20.1 Å². The quantitative estimate of drug-likeness (QED) is 0.717. The van der Waals surface area contributed by atoms with Crippen molar-refractivity contribution < 1.29 is 14.4 Å². The van der Waals surface area contributed by atoms with Gasteiger partial charge < -0.3 is 15.2 Å². The zero-order valence-electron chi connectivity index (χ0n) is 17.7. The summed E-state index contributed by atoms with van der Waals surface area (Å²) in [6, 6.07) is 6.99. The van der Waals surface area contributed by atoms with E-state index in [-0.39, 0.29) is 30.4 Å². The highest BCUT2D eigenvalue weighted by Gasteiger charge is 2.40. The summed E-state index contributed by atoms with van der Waals surface area (Å²) >= 11 is 0. The smallest absolute Gasteiger partial charge is 0.325 e. The Balaban J connectivity index is 1.45. The van der Waals surface area contributed by atoms with Gasteiger partial charge in [-0.1, -0.05) is 37.5 Å². The number of carbonyl (C=O) groups excluding carboxylic acids is 3. The predicted octanol–water partition coefficient (Wildman–Crippen LogP) is 3.20. The van der Waals surface area contributed by atoms with Crippen LogP contribution in [0.4, 0.5) is 4.79 Å². The third-order valence-corrected chi connectivity index (χ3v) is 6.31. The number of amides is 4. The Bertz CT molecular complexity index is 945. The van der Waals surface area contributed by atoms with Crippen LogP contribution in [-0.2, 0) is 16.0 Å². The molecule has 1 saturated carbocycles. The number of H-pyrrole nitrogens is 1.